The van der Waals surface area contributed by atoms with Gasteiger partial charge in [0.15, 0.2) is 6.61 Å². The Hall–Kier alpha value is -2.13. The molecule has 2 aromatic carbocycles. The summed E-state index contributed by atoms with van der Waals surface area (Å²) in [5.41, 5.74) is 2.18. The molecule has 0 unspecified atom stereocenters. The summed E-state index contributed by atoms with van der Waals surface area (Å²) in [4.78, 5) is 11.8. The van der Waals surface area contributed by atoms with Crippen molar-refractivity contribution in [1.82, 2.24) is 9.62 Å². The van der Waals surface area contributed by atoms with E-state index < -0.39 is 10.0 Å². The number of rotatable bonds is 8. The Balaban J connectivity index is 1.67. The number of nitrogens with one attached hydrogen (secondary N) is 1. The molecule has 29 heavy (non-hydrogen) atoms. The van der Waals surface area contributed by atoms with E-state index in [1.165, 1.54) is 28.1 Å². The van der Waals surface area contributed by atoms with Gasteiger partial charge in [0.2, 0.25) is 10.0 Å². The average Bonchev–Trinajstić information content (AvgIpc) is 2.72. The number of hydrogen-bond donors (Lipinski definition) is 1. The van der Waals surface area contributed by atoms with E-state index in [9.17, 15) is 13.2 Å². The summed E-state index contributed by atoms with van der Waals surface area (Å²) >= 11 is 6.21. The van der Waals surface area contributed by atoms with Gasteiger partial charge in [-0.2, -0.15) is 4.31 Å². The monoisotopic (exact) mass is 438 g/mol. The van der Waals surface area contributed by atoms with Crippen LogP contribution < -0.4 is 10.1 Å². The number of carbonyl (C=O) groups is 1. The molecule has 0 radical (unpaired) electrons. The lowest BCUT2D eigenvalue weighted by Gasteiger charge is -2.28. The van der Waals surface area contributed by atoms with Gasteiger partial charge in [0, 0.05) is 26.7 Å². The second-order valence-electron chi connectivity index (χ2n) is 6.58. The van der Waals surface area contributed by atoms with E-state index in [1.807, 2.05) is 24.3 Å². The molecule has 1 amide bonds. The van der Waals surface area contributed by atoms with Crippen LogP contribution in [0.25, 0.3) is 0 Å². The van der Waals surface area contributed by atoms with Crippen LogP contribution in [0.4, 0.5) is 0 Å². The number of nitrogens with zero attached hydrogens (tertiary/aromatic N) is 1. The zero-order chi connectivity index (χ0) is 20.9. The van der Waals surface area contributed by atoms with Crippen molar-refractivity contribution in [3.8, 4) is 5.75 Å². The van der Waals surface area contributed by atoms with E-state index in [2.05, 4.69) is 5.32 Å². The van der Waals surface area contributed by atoms with Gasteiger partial charge in [-0.05, 0) is 35.7 Å². The molecule has 0 saturated carbocycles. The Morgan fingerprint density at radius 1 is 1.21 bits per heavy atom. The van der Waals surface area contributed by atoms with Gasteiger partial charge < -0.3 is 14.8 Å². The summed E-state index contributed by atoms with van der Waals surface area (Å²) < 4.78 is 37.7. The summed E-state index contributed by atoms with van der Waals surface area (Å²) in [5.74, 6) is -0.0710. The van der Waals surface area contributed by atoms with Gasteiger partial charge in [-0.15, -0.1) is 0 Å². The summed E-state index contributed by atoms with van der Waals surface area (Å²) in [5, 5.41) is 2.76. The second kappa shape index (κ2) is 9.58. The van der Waals surface area contributed by atoms with Gasteiger partial charge in [-0.1, -0.05) is 35.9 Å². The summed E-state index contributed by atoms with van der Waals surface area (Å²) in [6.45, 7) is 1.30. The minimum Gasteiger partial charge on any atom is -0.482 e. The standard InChI is InChI=1S/C20H23ClN2O5S/c1-27-11-9-22-20(24)14-28-19-7-6-17(12-18(19)21)29(25,26)23-10-8-15-4-2-3-5-16(15)13-23/h2-7,12H,8-11,13-14H2,1H3,(H,22,24). The maximum Gasteiger partial charge on any atom is 0.258 e. The van der Waals surface area contributed by atoms with Gasteiger partial charge in [-0.3, -0.25) is 4.79 Å². The van der Waals surface area contributed by atoms with Crippen LogP contribution in [-0.2, 0) is 32.5 Å². The fourth-order valence-electron chi connectivity index (χ4n) is 3.07. The molecule has 0 spiro atoms. The zero-order valence-electron chi connectivity index (χ0n) is 16.1. The van der Waals surface area contributed by atoms with Crippen molar-refractivity contribution in [2.75, 3.05) is 33.4 Å². The number of benzene rings is 2. The van der Waals surface area contributed by atoms with Crippen LogP contribution in [-0.4, -0.2) is 52.0 Å². The van der Waals surface area contributed by atoms with Gasteiger partial charge in [0.05, 0.1) is 16.5 Å². The van der Waals surface area contributed by atoms with Crippen molar-refractivity contribution in [3.63, 3.8) is 0 Å². The highest BCUT2D eigenvalue weighted by molar-refractivity contribution is 7.89. The molecule has 7 nitrogen and oxygen atoms in total. The molecule has 0 aliphatic carbocycles. The number of amides is 1. The Morgan fingerprint density at radius 2 is 1.97 bits per heavy atom. The van der Waals surface area contributed by atoms with E-state index in [0.717, 1.165) is 5.56 Å². The summed E-state index contributed by atoms with van der Waals surface area (Å²) in [6.07, 6.45) is 0.669. The number of fused-ring (bicyclic) bond motifs is 1. The number of sulfonamides is 1. The molecule has 0 atom stereocenters. The second-order valence-corrected chi connectivity index (χ2v) is 8.93. The maximum absolute atomic E-state index is 13.0. The number of ether oxygens (including phenoxy) is 2. The topological polar surface area (TPSA) is 84.9 Å². The maximum atomic E-state index is 13.0. The van der Waals surface area contributed by atoms with E-state index in [-0.39, 0.29) is 28.2 Å². The largest absolute Gasteiger partial charge is 0.482 e. The molecule has 1 aliphatic heterocycles. The predicted molar refractivity (Wildman–Crippen MR) is 110 cm³/mol. The highest BCUT2D eigenvalue weighted by atomic mass is 35.5. The molecule has 1 aliphatic rings. The van der Waals surface area contributed by atoms with Gasteiger partial charge in [-0.25, -0.2) is 8.42 Å². The van der Waals surface area contributed by atoms with E-state index >= 15 is 0 Å². The highest BCUT2D eigenvalue weighted by Crippen LogP contribution is 2.30. The third kappa shape index (κ3) is 5.27. The quantitative estimate of drug-likeness (QED) is 0.639. The van der Waals surface area contributed by atoms with Crippen molar-refractivity contribution in [2.24, 2.45) is 0 Å². The fourth-order valence-corrected chi connectivity index (χ4v) is 4.82. The molecule has 0 saturated heterocycles. The first-order valence-electron chi connectivity index (χ1n) is 9.16. The molecule has 0 aromatic heterocycles. The lowest BCUT2D eigenvalue weighted by atomic mass is 10.0. The third-order valence-electron chi connectivity index (χ3n) is 4.62. The Kier molecular flexibility index (Phi) is 7.13. The van der Waals surface area contributed by atoms with Crippen LogP contribution >= 0.6 is 11.6 Å². The Bertz CT molecular complexity index is 981. The Labute approximate surface area is 175 Å². The number of hydrogen-bond acceptors (Lipinski definition) is 5. The van der Waals surface area contributed by atoms with Crippen LogP contribution in [0.5, 0.6) is 5.75 Å². The minimum atomic E-state index is -3.69. The lowest BCUT2D eigenvalue weighted by Crippen LogP contribution is -2.35. The van der Waals surface area contributed by atoms with Gasteiger partial charge in [0.1, 0.15) is 5.75 Å². The predicted octanol–water partition coefficient (Wildman–Crippen LogP) is 2.23. The fraction of sp³-hybridized carbons (Fsp3) is 0.350. The first kappa shape index (κ1) is 21.6. The first-order chi connectivity index (χ1) is 13.9. The van der Waals surface area contributed by atoms with Crippen molar-refractivity contribution in [3.05, 3.63) is 58.6 Å². The molecule has 0 bridgehead atoms. The smallest absolute Gasteiger partial charge is 0.258 e. The number of carbonyl (C=O) groups excluding carboxylic acids is 1. The van der Waals surface area contributed by atoms with Crippen molar-refractivity contribution in [1.29, 1.82) is 0 Å². The van der Waals surface area contributed by atoms with Crippen molar-refractivity contribution < 1.29 is 22.7 Å². The highest BCUT2D eigenvalue weighted by Gasteiger charge is 2.28. The lowest BCUT2D eigenvalue weighted by molar-refractivity contribution is -0.123. The van der Waals surface area contributed by atoms with Gasteiger partial charge in [0.25, 0.3) is 5.91 Å². The van der Waals surface area contributed by atoms with Crippen LogP contribution in [0.15, 0.2) is 47.4 Å². The van der Waals surface area contributed by atoms with Crippen molar-refractivity contribution >= 4 is 27.5 Å². The molecule has 3 rings (SSSR count). The molecular formula is C20H23ClN2O5S. The van der Waals surface area contributed by atoms with Gasteiger partial charge >= 0.3 is 0 Å². The summed E-state index contributed by atoms with van der Waals surface area (Å²) in [7, 11) is -2.15. The van der Waals surface area contributed by atoms with Crippen LogP contribution in [0.3, 0.4) is 0 Å². The zero-order valence-corrected chi connectivity index (χ0v) is 17.6. The average molecular weight is 439 g/mol. The number of halogens is 1. The molecule has 0 fully saturated rings. The van der Waals surface area contributed by atoms with Crippen molar-refractivity contribution in [2.45, 2.75) is 17.9 Å². The Morgan fingerprint density at radius 3 is 2.69 bits per heavy atom. The molecule has 156 valence electrons. The van der Waals surface area contributed by atoms with E-state index in [4.69, 9.17) is 21.1 Å². The minimum absolute atomic E-state index is 0.0961. The normalized spacial score (nSPS) is 14.3. The molecule has 1 heterocycles. The summed E-state index contributed by atoms with van der Waals surface area (Å²) in [6, 6.07) is 12.1. The number of methoxy groups -OCH3 is 1. The first-order valence-corrected chi connectivity index (χ1v) is 11.0. The van der Waals surface area contributed by atoms with Crippen LogP contribution in [0.2, 0.25) is 5.02 Å². The van der Waals surface area contributed by atoms with Crippen LogP contribution in [0.1, 0.15) is 11.1 Å². The van der Waals surface area contributed by atoms with E-state index in [0.29, 0.717) is 32.7 Å². The SMILES string of the molecule is COCCNC(=O)COc1ccc(S(=O)(=O)N2CCc3ccccc3C2)cc1Cl. The van der Waals surface area contributed by atoms with E-state index in [1.54, 1.807) is 7.11 Å². The van der Waals surface area contributed by atoms with Crippen LogP contribution in [0, 0.1) is 0 Å². The molecule has 2 aromatic rings. The third-order valence-corrected chi connectivity index (χ3v) is 6.76. The molecule has 9 heteroatoms. The molecular weight excluding hydrogens is 416 g/mol. The molecule has 1 N–H and O–H groups in total.